The topological polar surface area (TPSA) is 20.2 Å². The Bertz CT molecular complexity index is 163. The molecule has 1 N–H and O–H groups in total. The molecule has 0 bridgehead atoms. The summed E-state index contributed by atoms with van der Waals surface area (Å²) in [5.41, 5.74) is 0. The second kappa shape index (κ2) is 6.05. The largest absolute Gasteiger partial charge is 0.393 e. The first-order chi connectivity index (χ1) is 7.17. The molecule has 90 valence electrons. The van der Waals surface area contributed by atoms with Gasteiger partial charge in [0.15, 0.2) is 0 Å². The standard InChI is InChI=1S/C13H28OSi/c1-4-15(5-2,6-3)11-13(14)12-9-7-8-10-12/h12-14H,4-11H2,1-3H3/t13-/m1/s1. The van der Waals surface area contributed by atoms with Crippen molar-refractivity contribution < 1.29 is 5.11 Å². The van der Waals surface area contributed by atoms with Gasteiger partial charge in [-0.3, -0.25) is 0 Å². The van der Waals surface area contributed by atoms with Gasteiger partial charge in [0.05, 0.1) is 14.2 Å². The van der Waals surface area contributed by atoms with Crippen LogP contribution in [0, 0.1) is 5.92 Å². The van der Waals surface area contributed by atoms with Gasteiger partial charge in [0.25, 0.3) is 0 Å². The van der Waals surface area contributed by atoms with E-state index < -0.39 is 8.07 Å². The van der Waals surface area contributed by atoms with Crippen LogP contribution in [0.5, 0.6) is 0 Å². The van der Waals surface area contributed by atoms with Gasteiger partial charge >= 0.3 is 0 Å². The summed E-state index contributed by atoms with van der Waals surface area (Å²) >= 11 is 0. The normalized spacial score (nSPS) is 20.8. The number of aliphatic hydroxyl groups excluding tert-OH is 1. The van der Waals surface area contributed by atoms with Gasteiger partial charge in [0.2, 0.25) is 0 Å². The van der Waals surface area contributed by atoms with Crippen molar-refractivity contribution in [3.63, 3.8) is 0 Å². The third-order valence-electron chi connectivity index (χ3n) is 4.84. The fourth-order valence-corrected chi connectivity index (χ4v) is 6.72. The zero-order valence-electron chi connectivity index (χ0n) is 10.8. The highest BCUT2D eigenvalue weighted by Gasteiger charge is 2.33. The summed E-state index contributed by atoms with van der Waals surface area (Å²) < 4.78 is 0. The Morgan fingerprint density at radius 2 is 1.53 bits per heavy atom. The summed E-state index contributed by atoms with van der Waals surface area (Å²) in [5, 5.41) is 10.3. The molecular formula is C13H28OSi. The van der Waals surface area contributed by atoms with E-state index in [0.717, 1.165) is 0 Å². The first kappa shape index (κ1) is 13.2. The number of hydrogen-bond donors (Lipinski definition) is 1. The molecule has 1 atom stereocenters. The smallest absolute Gasteiger partial charge is 0.0553 e. The van der Waals surface area contributed by atoms with Crippen molar-refractivity contribution in [2.75, 3.05) is 0 Å². The summed E-state index contributed by atoms with van der Waals surface area (Å²) in [6.07, 6.45) is 5.28. The van der Waals surface area contributed by atoms with Crippen molar-refractivity contribution in [3.05, 3.63) is 0 Å². The van der Waals surface area contributed by atoms with Gasteiger partial charge in [-0.15, -0.1) is 0 Å². The first-order valence-electron chi connectivity index (χ1n) is 6.85. The highest BCUT2D eigenvalue weighted by molar-refractivity contribution is 6.79. The Hall–Kier alpha value is 0.177. The first-order valence-corrected chi connectivity index (χ1v) is 9.68. The van der Waals surface area contributed by atoms with E-state index in [4.69, 9.17) is 0 Å². The molecule has 0 saturated heterocycles. The van der Waals surface area contributed by atoms with E-state index in [-0.39, 0.29) is 6.10 Å². The lowest BCUT2D eigenvalue weighted by molar-refractivity contribution is 0.127. The summed E-state index contributed by atoms with van der Waals surface area (Å²) in [6, 6.07) is 5.22. The molecule has 0 aromatic carbocycles. The van der Waals surface area contributed by atoms with Crippen LogP contribution in [0.25, 0.3) is 0 Å². The molecule has 0 amide bonds. The van der Waals surface area contributed by atoms with Crippen LogP contribution >= 0.6 is 0 Å². The Balaban J connectivity index is 2.49. The average molecular weight is 228 g/mol. The molecule has 0 aliphatic heterocycles. The van der Waals surface area contributed by atoms with Crippen LogP contribution in [0.3, 0.4) is 0 Å². The van der Waals surface area contributed by atoms with Gasteiger partial charge < -0.3 is 5.11 Å². The van der Waals surface area contributed by atoms with E-state index in [1.807, 2.05) is 0 Å². The highest BCUT2D eigenvalue weighted by atomic mass is 28.3. The average Bonchev–Trinajstić information content (AvgIpc) is 2.79. The second-order valence-electron chi connectivity index (χ2n) is 5.38. The summed E-state index contributed by atoms with van der Waals surface area (Å²) in [6.45, 7) is 7.00. The fraction of sp³-hybridized carbons (Fsp3) is 1.00. The van der Waals surface area contributed by atoms with Crippen molar-refractivity contribution in [2.45, 2.75) is 76.7 Å². The van der Waals surface area contributed by atoms with Crippen LogP contribution in [0.4, 0.5) is 0 Å². The van der Waals surface area contributed by atoms with Crippen molar-refractivity contribution in [2.24, 2.45) is 5.92 Å². The van der Waals surface area contributed by atoms with Crippen LogP contribution in [-0.4, -0.2) is 19.3 Å². The van der Waals surface area contributed by atoms with Crippen molar-refractivity contribution in [1.82, 2.24) is 0 Å². The number of hydrogen-bond acceptors (Lipinski definition) is 1. The molecule has 0 heterocycles. The van der Waals surface area contributed by atoms with Crippen LogP contribution in [0.15, 0.2) is 0 Å². The van der Waals surface area contributed by atoms with E-state index in [1.54, 1.807) is 0 Å². The van der Waals surface area contributed by atoms with Gasteiger partial charge in [-0.2, -0.15) is 0 Å². The molecule has 1 saturated carbocycles. The Labute approximate surface area is 96.3 Å². The molecule has 1 rings (SSSR count). The molecule has 1 nitrogen and oxygen atoms in total. The van der Waals surface area contributed by atoms with Crippen molar-refractivity contribution >= 4 is 8.07 Å². The monoisotopic (exact) mass is 228 g/mol. The van der Waals surface area contributed by atoms with Gasteiger partial charge in [-0.1, -0.05) is 51.7 Å². The van der Waals surface area contributed by atoms with Crippen molar-refractivity contribution in [3.8, 4) is 0 Å². The van der Waals surface area contributed by atoms with Crippen LogP contribution in [0.2, 0.25) is 24.2 Å². The summed E-state index contributed by atoms with van der Waals surface area (Å²) in [7, 11) is -1.10. The number of aliphatic hydroxyl groups is 1. The molecule has 1 aliphatic carbocycles. The predicted octanol–water partition coefficient (Wildman–Crippen LogP) is 4.05. The maximum absolute atomic E-state index is 10.3. The Morgan fingerprint density at radius 1 is 1.07 bits per heavy atom. The van der Waals surface area contributed by atoms with Crippen LogP contribution < -0.4 is 0 Å². The molecular weight excluding hydrogens is 200 g/mol. The van der Waals surface area contributed by atoms with E-state index in [9.17, 15) is 5.11 Å². The quantitative estimate of drug-likeness (QED) is 0.680. The molecule has 0 unspecified atom stereocenters. The molecule has 0 aromatic rings. The van der Waals surface area contributed by atoms with Gasteiger partial charge in [-0.25, -0.2) is 0 Å². The van der Waals surface area contributed by atoms with E-state index >= 15 is 0 Å². The molecule has 0 spiro atoms. The van der Waals surface area contributed by atoms with Crippen molar-refractivity contribution in [1.29, 1.82) is 0 Å². The molecule has 1 fully saturated rings. The summed E-state index contributed by atoms with van der Waals surface area (Å²) in [5.74, 6) is 0.640. The summed E-state index contributed by atoms with van der Waals surface area (Å²) in [4.78, 5) is 0. The molecule has 0 radical (unpaired) electrons. The van der Waals surface area contributed by atoms with Crippen LogP contribution in [-0.2, 0) is 0 Å². The highest BCUT2D eigenvalue weighted by Crippen LogP contribution is 2.34. The minimum absolute atomic E-state index is 0.0269. The van der Waals surface area contributed by atoms with E-state index in [1.165, 1.54) is 49.9 Å². The van der Waals surface area contributed by atoms with Gasteiger partial charge in [0.1, 0.15) is 0 Å². The Morgan fingerprint density at radius 3 is 1.93 bits per heavy atom. The second-order valence-corrected chi connectivity index (χ2v) is 10.9. The number of rotatable bonds is 6. The fourth-order valence-electron chi connectivity index (χ4n) is 3.14. The van der Waals surface area contributed by atoms with E-state index in [0.29, 0.717) is 5.92 Å². The van der Waals surface area contributed by atoms with Crippen LogP contribution in [0.1, 0.15) is 46.5 Å². The predicted molar refractivity (Wildman–Crippen MR) is 70.0 cm³/mol. The molecule has 15 heavy (non-hydrogen) atoms. The molecule has 0 aromatic heterocycles. The molecule has 1 aliphatic rings. The third-order valence-corrected chi connectivity index (χ3v) is 10.6. The maximum atomic E-state index is 10.3. The lowest BCUT2D eigenvalue weighted by Crippen LogP contribution is -2.37. The minimum Gasteiger partial charge on any atom is -0.393 e. The minimum atomic E-state index is -1.10. The zero-order chi connectivity index (χ0) is 11.3. The van der Waals surface area contributed by atoms with Gasteiger partial charge in [0, 0.05) is 0 Å². The van der Waals surface area contributed by atoms with E-state index in [2.05, 4.69) is 20.8 Å². The molecule has 2 heteroatoms. The maximum Gasteiger partial charge on any atom is 0.0553 e. The third kappa shape index (κ3) is 3.32. The SMILES string of the molecule is CC[Si](CC)(CC)C[C@@H](O)C1CCCC1. The Kier molecular flexibility index (Phi) is 5.34. The lowest BCUT2D eigenvalue weighted by Gasteiger charge is -2.32. The van der Waals surface area contributed by atoms with Gasteiger partial charge in [-0.05, 0) is 24.8 Å². The lowest BCUT2D eigenvalue weighted by atomic mass is 10.0. The zero-order valence-corrected chi connectivity index (χ0v) is 11.8.